The van der Waals surface area contributed by atoms with Crippen LogP contribution in [0.1, 0.15) is 49.3 Å². The lowest BCUT2D eigenvalue weighted by molar-refractivity contribution is -0.121. The Morgan fingerprint density at radius 1 is 1.26 bits per heavy atom. The Labute approximate surface area is 120 Å². The smallest absolute Gasteiger partial charge is 0.234 e. The first-order valence-corrected chi connectivity index (χ1v) is 7.59. The topological polar surface area (TPSA) is 54.0 Å². The van der Waals surface area contributed by atoms with Gasteiger partial charge in [-0.3, -0.25) is 4.79 Å². The summed E-state index contributed by atoms with van der Waals surface area (Å²) in [5.74, 6) is 0.500. The monoisotopic (exact) mass is 283 g/mol. The molecule has 0 spiro atoms. The molecule has 1 heterocycles. The standard InChI is InChI=1S/C14H25N3OS/c1-8(2)9(3)17-13(18)7-15-10(4)14-11(5)16-12(6)19-14/h8-10,15H,7H2,1-6H3,(H,17,18). The fourth-order valence-electron chi connectivity index (χ4n) is 1.76. The predicted octanol–water partition coefficient (Wildman–Crippen LogP) is 2.57. The number of hydrogen-bond donors (Lipinski definition) is 2. The Balaban J connectivity index is 2.44. The summed E-state index contributed by atoms with van der Waals surface area (Å²) in [6, 6.07) is 0.364. The van der Waals surface area contributed by atoms with Crippen molar-refractivity contribution in [2.75, 3.05) is 6.54 Å². The van der Waals surface area contributed by atoms with Crippen molar-refractivity contribution in [1.29, 1.82) is 0 Å². The van der Waals surface area contributed by atoms with Gasteiger partial charge in [-0.05, 0) is 33.6 Å². The van der Waals surface area contributed by atoms with Crippen molar-refractivity contribution in [3.63, 3.8) is 0 Å². The number of amides is 1. The predicted molar refractivity (Wildman–Crippen MR) is 80.4 cm³/mol. The fourth-order valence-corrected chi connectivity index (χ4v) is 2.71. The van der Waals surface area contributed by atoms with Crippen LogP contribution in [-0.4, -0.2) is 23.5 Å². The molecule has 0 aliphatic carbocycles. The molecule has 2 N–H and O–H groups in total. The Bertz CT molecular complexity index is 428. The van der Waals surface area contributed by atoms with Crippen molar-refractivity contribution in [2.45, 2.75) is 53.6 Å². The Hall–Kier alpha value is -0.940. The van der Waals surface area contributed by atoms with E-state index in [1.165, 1.54) is 4.88 Å². The third-order valence-corrected chi connectivity index (χ3v) is 4.55. The van der Waals surface area contributed by atoms with Crippen LogP contribution in [-0.2, 0) is 4.79 Å². The lowest BCUT2D eigenvalue weighted by Gasteiger charge is -2.19. The third kappa shape index (κ3) is 4.91. The zero-order valence-corrected chi connectivity index (χ0v) is 13.5. The van der Waals surface area contributed by atoms with Gasteiger partial charge in [-0.1, -0.05) is 13.8 Å². The maximum atomic E-state index is 11.8. The van der Waals surface area contributed by atoms with Gasteiger partial charge in [-0.25, -0.2) is 4.98 Å². The number of aromatic nitrogens is 1. The summed E-state index contributed by atoms with van der Waals surface area (Å²) in [5, 5.41) is 7.32. The normalized spacial score (nSPS) is 14.5. The molecule has 5 heteroatoms. The van der Waals surface area contributed by atoms with Crippen LogP contribution in [0.25, 0.3) is 0 Å². The van der Waals surface area contributed by atoms with E-state index in [0.29, 0.717) is 12.5 Å². The summed E-state index contributed by atoms with van der Waals surface area (Å²) in [7, 11) is 0. The van der Waals surface area contributed by atoms with Gasteiger partial charge in [-0.15, -0.1) is 11.3 Å². The van der Waals surface area contributed by atoms with Crippen LogP contribution >= 0.6 is 11.3 Å². The number of hydrogen-bond acceptors (Lipinski definition) is 4. The van der Waals surface area contributed by atoms with Crippen LogP contribution < -0.4 is 10.6 Å². The quantitative estimate of drug-likeness (QED) is 0.843. The molecule has 1 aromatic heterocycles. The van der Waals surface area contributed by atoms with Crippen molar-refractivity contribution in [3.8, 4) is 0 Å². The molecule has 1 amide bonds. The Morgan fingerprint density at radius 3 is 2.37 bits per heavy atom. The van der Waals surface area contributed by atoms with Crippen LogP contribution in [0.2, 0.25) is 0 Å². The summed E-state index contributed by atoms with van der Waals surface area (Å²) in [5.41, 5.74) is 1.05. The van der Waals surface area contributed by atoms with E-state index in [4.69, 9.17) is 0 Å². The molecule has 1 rings (SSSR count). The second kappa shape index (κ2) is 7.01. The van der Waals surface area contributed by atoms with Gasteiger partial charge in [0.1, 0.15) is 0 Å². The van der Waals surface area contributed by atoms with Crippen LogP contribution in [0, 0.1) is 19.8 Å². The van der Waals surface area contributed by atoms with Gasteiger partial charge in [0.25, 0.3) is 0 Å². The summed E-state index contributed by atoms with van der Waals surface area (Å²) in [4.78, 5) is 17.4. The van der Waals surface area contributed by atoms with Crippen LogP contribution in [0.4, 0.5) is 0 Å². The molecule has 4 nitrogen and oxygen atoms in total. The Morgan fingerprint density at radius 2 is 1.89 bits per heavy atom. The first kappa shape index (κ1) is 16.1. The number of carbonyl (C=O) groups excluding carboxylic acids is 1. The van der Waals surface area contributed by atoms with Gasteiger partial charge in [0, 0.05) is 17.0 Å². The molecule has 108 valence electrons. The molecule has 0 saturated carbocycles. The summed E-state index contributed by atoms with van der Waals surface area (Å²) < 4.78 is 0. The molecule has 0 bridgehead atoms. The maximum Gasteiger partial charge on any atom is 0.234 e. The molecule has 0 aliphatic rings. The van der Waals surface area contributed by atoms with E-state index >= 15 is 0 Å². The largest absolute Gasteiger partial charge is 0.352 e. The minimum absolute atomic E-state index is 0.0481. The van der Waals surface area contributed by atoms with Gasteiger partial charge >= 0.3 is 0 Å². The van der Waals surface area contributed by atoms with Gasteiger partial charge in [-0.2, -0.15) is 0 Å². The zero-order chi connectivity index (χ0) is 14.6. The average molecular weight is 283 g/mol. The number of carbonyl (C=O) groups is 1. The molecule has 0 saturated heterocycles. The number of aryl methyl sites for hydroxylation is 2. The SMILES string of the molecule is Cc1nc(C)c(C(C)NCC(=O)NC(C)C(C)C)s1. The third-order valence-electron chi connectivity index (χ3n) is 3.29. The molecule has 0 radical (unpaired) electrons. The Kier molecular flexibility index (Phi) is 5.94. The van der Waals surface area contributed by atoms with E-state index in [1.54, 1.807) is 11.3 Å². The summed E-state index contributed by atoms with van der Waals surface area (Å²) >= 11 is 1.69. The van der Waals surface area contributed by atoms with E-state index in [-0.39, 0.29) is 18.0 Å². The van der Waals surface area contributed by atoms with Crippen LogP contribution in [0.3, 0.4) is 0 Å². The second-order valence-corrected chi connectivity index (χ2v) is 6.62. The van der Waals surface area contributed by atoms with Crippen LogP contribution in [0.5, 0.6) is 0 Å². The molecule has 2 unspecified atom stereocenters. The molecule has 0 fully saturated rings. The van der Waals surface area contributed by atoms with Crippen molar-refractivity contribution in [2.24, 2.45) is 5.92 Å². The van der Waals surface area contributed by atoms with E-state index < -0.39 is 0 Å². The number of nitrogens with zero attached hydrogens (tertiary/aromatic N) is 1. The fraction of sp³-hybridized carbons (Fsp3) is 0.714. The highest BCUT2D eigenvalue weighted by molar-refractivity contribution is 7.11. The van der Waals surface area contributed by atoms with Crippen molar-refractivity contribution < 1.29 is 4.79 Å². The molecule has 0 aliphatic heterocycles. The van der Waals surface area contributed by atoms with E-state index in [9.17, 15) is 4.79 Å². The van der Waals surface area contributed by atoms with Crippen LogP contribution in [0.15, 0.2) is 0 Å². The summed E-state index contributed by atoms with van der Waals surface area (Å²) in [6.07, 6.45) is 0. The first-order chi connectivity index (χ1) is 8.81. The molecular formula is C14H25N3OS. The molecule has 1 aromatic rings. The maximum absolute atomic E-state index is 11.8. The van der Waals surface area contributed by atoms with Crippen molar-refractivity contribution in [3.05, 3.63) is 15.6 Å². The van der Waals surface area contributed by atoms with E-state index in [0.717, 1.165) is 10.7 Å². The first-order valence-electron chi connectivity index (χ1n) is 6.78. The van der Waals surface area contributed by atoms with Crippen molar-refractivity contribution >= 4 is 17.2 Å². The van der Waals surface area contributed by atoms with Gasteiger partial charge in [0.2, 0.25) is 5.91 Å². The second-order valence-electron chi connectivity index (χ2n) is 5.39. The number of rotatable bonds is 6. The molecule has 2 atom stereocenters. The van der Waals surface area contributed by atoms with Gasteiger partial charge in [0.15, 0.2) is 0 Å². The van der Waals surface area contributed by atoms with Gasteiger partial charge in [0.05, 0.1) is 17.2 Å². The number of thiazole rings is 1. The zero-order valence-electron chi connectivity index (χ0n) is 12.7. The van der Waals surface area contributed by atoms with E-state index in [2.05, 4.69) is 36.4 Å². The van der Waals surface area contributed by atoms with Gasteiger partial charge < -0.3 is 10.6 Å². The minimum atomic E-state index is 0.0481. The lowest BCUT2D eigenvalue weighted by atomic mass is 10.1. The minimum Gasteiger partial charge on any atom is -0.352 e. The highest BCUT2D eigenvalue weighted by Crippen LogP contribution is 2.23. The highest BCUT2D eigenvalue weighted by Gasteiger charge is 2.15. The molecule has 0 aromatic carbocycles. The summed E-state index contributed by atoms with van der Waals surface area (Å²) in [6.45, 7) is 12.7. The van der Waals surface area contributed by atoms with Crippen molar-refractivity contribution in [1.82, 2.24) is 15.6 Å². The van der Waals surface area contributed by atoms with E-state index in [1.807, 2.05) is 20.8 Å². The lowest BCUT2D eigenvalue weighted by Crippen LogP contribution is -2.41. The molecule has 19 heavy (non-hydrogen) atoms. The number of nitrogens with one attached hydrogen (secondary N) is 2. The highest BCUT2D eigenvalue weighted by atomic mass is 32.1. The average Bonchev–Trinajstić information content (AvgIpc) is 2.65. The molecular weight excluding hydrogens is 258 g/mol.